The number of nitrogens with two attached hydrogens (primary N) is 1. The van der Waals surface area contributed by atoms with E-state index < -0.39 is 5.82 Å². The number of anilines is 2. The lowest BCUT2D eigenvalue weighted by molar-refractivity contribution is -0.131. The number of carbonyl (C=O) groups excluding carboxylic acids is 2. The van der Waals surface area contributed by atoms with Gasteiger partial charge >= 0.3 is 0 Å². The molecule has 1 aliphatic rings. The van der Waals surface area contributed by atoms with Crippen molar-refractivity contribution in [1.29, 1.82) is 0 Å². The average molecular weight is 279 g/mol. The van der Waals surface area contributed by atoms with Gasteiger partial charge in [0.2, 0.25) is 11.8 Å². The molecule has 1 aromatic carbocycles. The van der Waals surface area contributed by atoms with E-state index >= 15 is 0 Å². The van der Waals surface area contributed by atoms with Crippen LogP contribution in [-0.2, 0) is 9.59 Å². The monoisotopic (exact) mass is 279 g/mol. The summed E-state index contributed by atoms with van der Waals surface area (Å²) in [7, 11) is 0. The average Bonchev–Trinajstić information content (AvgIpc) is 2.74. The summed E-state index contributed by atoms with van der Waals surface area (Å²) >= 11 is 0. The third-order valence-electron chi connectivity index (χ3n) is 3.49. The minimum atomic E-state index is -0.525. The topological polar surface area (TPSA) is 75.4 Å². The van der Waals surface area contributed by atoms with Crippen LogP contribution in [0.2, 0.25) is 0 Å². The Morgan fingerprint density at radius 2 is 2.30 bits per heavy atom. The van der Waals surface area contributed by atoms with E-state index in [9.17, 15) is 14.0 Å². The smallest absolute Gasteiger partial charge is 0.243 e. The van der Waals surface area contributed by atoms with Crippen LogP contribution in [0.3, 0.4) is 0 Å². The standard InChI is InChI=1S/C14H18FN3O2/c1-2-9-5-14(20)18(7-9)8-13(19)17-10-3-4-11(15)12(16)6-10/h3-4,6,9H,2,5,7-8,16H2,1H3,(H,17,19). The van der Waals surface area contributed by atoms with E-state index in [4.69, 9.17) is 5.73 Å². The van der Waals surface area contributed by atoms with Gasteiger partial charge in [0, 0.05) is 18.7 Å². The van der Waals surface area contributed by atoms with Crippen molar-refractivity contribution in [3.05, 3.63) is 24.0 Å². The van der Waals surface area contributed by atoms with Gasteiger partial charge in [-0.25, -0.2) is 4.39 Å². The van der Waals surface area contributed by atoms with E-state index in [-0.39, 0.29) is 24.0 Å². The zero-order valence-electron chi connectivity index (χ0n) is 11.4. The predicted molar refractivity (Wildman–Crippen MR) is 74.4 cm³/mol. The number of likely N-dealkylation sites (tertiary alicyclic amines) is 1. The van der Waals surface area contributed by atoms with Crippen molar-refractivity contribution < 1.29 is 14.0 Å². The number of halogens is 1. The number of benzene rings is 1. The van der Waals surface area contributed by atoms with E-state index in [1.54, 1.807) is 4.90 Å². The molecular weight excluding hydrogens is 261 g/mol. The molecule has 2 rings (SSSR count). The van der Waals surface area contributed by atoms with Crippen molar-refractivity contribution in [3.63, 3.8) is 0 Å². The molecule has 1 saturated heterocycles. The SMILES string of the molecule is CCC1CC(=O)N(CC(=O)Nc2ccc(F)c(N)c2)C1. The molecule has 5 nitrogen and oxygen atoms in total. The molecule has 2 amide bonds. The number of nitrogens with zero attached hydrogens (tertiary/aromatic N) is 1. The molecule has 108 valence electrons. The number of rotatable bonds is 4. The van der Waals surface area contributed by atoms with Crippen molar-refractivity contribution in [2.45, 2.75) is 19.8 Å². The number of nitrogens with one attached hydrogen (secondary N) is 1. The fraction of sp³-hybridized carbons (Fsp3) is 0.429. The molecule has 0 aliphatic carbocycles. The number of nitrogen functional groups attached to an aromatic ring is 1. The molecule has 1 fully saturated rings. The summed E-state index contributed by atoms with van der Waals surface area (Å²) in [6, 6.07) is 3.98. The number of hydrogen-bond donors (Lipinski definition) is 2. The zero-order valence-corrected chi connectivity index (χ0v) is 11.4. The van der Waals surface area contributed by atoms with Crippen molar-refractivity contribution in [2.24, 2.45) is 5.92 Å². The molecule has 0 bridgehead atoms. The van der Waals surface area contributed by atoms with Gasteiger partial charge in [-0.05, 0) is 24.1 Å². The van der Waals surface area contributed by atoms with Gasteiger partial charge in [-0.1, -0.05) is 13.3 Å². The second-order valence-electron chi connectivity index (χ2n) is 5.04. The highest BCUT2D eigenvalue weighted by Gasteiger charge is 2.29. The molecule has 20 heavy (non-hydrogen) atoms. The van der Waals surface area contributed by atoms with E-state index in [2.05, 4.69) is 5.32 Å². The van der Waals surface area contributed by atoms with Gasteiger partial charge in [0.25, 0.3) is 0 Å². The Hall–Kier alpha value is -2.11. The lowest BCUT2D eigenvalue weighted by Crippen LogP contribution is -2.34. The Kier molecular flexibility index (Phi) is 4.22. The maximum atomic E-state index is 13.0. The number of amides is 2. The van der Waals surface area contributed by atoms with Crippen LogP contribution < -0.4 is 11.1 Å². The molecule has 1 atom stereocenters. The van der Waals surface area contributed by atoms with Crippen molar-refractivity contribution in [1.82, 2.24) is 4.90 Å². The fourth-order valence-electron chi connectivity index (χ4n) is 2.28. The lowest BCUT2D eigenvalue weighted by Gasteiger charge is -2.16. The first kappa shape index (κ1) is 14.3. The third kappa shape index (κ3) is 3.26. The van der Waals surface area contributed by atoms with E-state index in [1.807, 2.05) is 6.92 Å². The second-order valence-corrected chi connectivity index (χ2v) is 5.04. The van der Waals surface area contributed by atoms with E-state index in [0.29, 0.717) is 24.6 Å². The highest BCUT2D eigenvalue weighted by atomic mass is 19.1. The number of hydrogen-bond acceptors (Lipinski definition) is 3. The highest BCUT2D eigenvalue weighted by molar-refractivity contribution is 5.95. The van der Waals surface area contributed by atoms with Crippen LogP contribution in [0.25, 0.3) is 0 Å². The lowest BCUT2D eigenvalue weighted by atomic mass is 10.1. The normalized spacial score (nSPS) is 18.4. The van der Waals surface area contributed by atoms with Crippen LogP contribution in [0.1, 0.15) is 19.8 Å². The highest BCUT2D eigenvalue weighted by Crippen LogP contribution is 2.20. The Labute approximate surface area is 116 Å². The summed E-state index contributed by atoms with van der Waals surface area (Å²) in [6.07, 6.45) is 1.44. The summed E-state index contributed by atoms with van der Waals surface area (Å²) < 4.78 is 13.0. The first-order valence-corrected chi connectivity index (χ1v) is 6.62. The maximum absolute atomic E-state index is 13.0. The molecule has 1 aromatic rings. The van der Waals surface area contributed by atoms with Crippen LogP contribution in [0.15, 0.2) is 18.2 Å². The van der Waals surface area contributed by atoms with E-state index in [0.717, 1.165) is 6.42 Å². The second kappa shape index (κ2) is 5.90. The molecule has 0 aromatic heterocycles. The summed E-state index contributed by atoms with van der Waals surface area (Å²) in [4.78, 5) is 25.1. The third-order valence-corrected chi connectivity index (χ3v) is 3.49. The van der Waals surface area contributed by atoms with Crippen molar-refractivity contribution >= 4 is 23.2 Å². The Bertz CT molecular complexity index is 533. The molecular formula is C14H18FN3O2. The molecule has 0 saturated carbocycles. The van der Waals surface area contributed by atoms with Gasteiger partial charge in [0.1, 0.15) is 5.82 Å². The van der Waals surface area contributed by atoms with Crippen LogP contribution in [0, 0.1) is 11.7 Å². The molecule has 0 spiro atoms. The van der Waals surface area contributed by atoms with Crippen LogP contribution in [-0.4, -0.2) is 29.8 Å². The molecule has 6 heteroatoms. The van der Waals surface area contributed by atoms with Crippen LogP contribution in [0.5, 0.6) is 0 Å². The first-order valence-electron chi connectivity index (χ1n) is 6.62. The minimum Gasteiger partial charge on any atom is -0.396 e. The summed E-state index contributed by atoms with van der Waals surface area (Å²) in [5.41, 5.74) is 5.83. The van der Waals surface area contributed by atoms with Crippen LogP contribution in [0.4, 0.5) is 15.8 Å². The quantitative estimate of drug-likeness (QED) is 0.822. The van der Waals surface area contributed by atoms with Gasteiger partial charge in [-0.2, -0.15) is 0 Å². The van der Waals surface area contributed by atoms with Crippen molar-refractivity contribution in [2.75, 3.05) is 24.1 Å². The maximum Gasteiger partial charge on any atom is 0.243 e. The van der Waals surface area contributed by atoms with E-state index in [1.165, 1.54) is 18.2 Å². The Balaban J connectivity index is 1.92. The number of carbonyl (C=O) groups is 2. The fourth-order valence-corrected chi connectivity index (χ4v) is 2.28. The molecule has 1 heterocycles. The molecule has 1 aliphatic heterocycles. The molecule has 1 unspecified atom stereocenters. The molecule has 0 radical (unpaired) electrons. The van der Waals surface area contributed by atoms with Crippen LogP contribution >= 0.6 is 0 Å². The zero-order chi connectivity index (χ0) is 14.7. The van der Waals surface area contributed by atoms with Gasteiger partial charge in [0.05, 0.1) is 12.2 Å². The van der Waals surface area contributed by atoms with Gasteiger partial charge in [0.15, 0.2) is 0 Å². The Morgan fingerprint density at radius 1 is 1.55 bits per heavy atom. The minimum absolute atomic E-state index is 0.00520. The predicted octanol–water partition coefficient (Wildman–Crippen LogP) is 1.60. The van der Waals surface area contributed by atoms with Gasteiger partial charge in [-0.15, -0.1) is 0 Å². The van der Waals surface area contributed by atoms with Crippen molar-refractivity contribution in [3.8, 4) is 0 Å². The first-order chi connectivity index (χ1) is 9.49. The summed E-state index contributed by atoms with van der Waals surface area (Å²) in [5, 5.41) is 2.61. The van der Waals surface area contributed by atoms with Gasteiger partial charge < -0.3 is 16.0 Å². The largest absolute Gasteiger partial charge is 0.396 e. The Morgan fingerprint density at radius 3 is 2.90 bits per heavy atom. The molecule has 3 N–H and O–H groups in total. The summed E-state index contributed by atoms with van der Waals surface area (Å²) in [5.74, 6) is -0.494. The summed E-state index contributed by atoms with van der Waals surface area (Å²) in [6.45, 7) is 2.67. The van der Waals surface area contributed by atoms with Gasteiger partial charge in [-0.3, -0.25) is 9.59 Å².